The van der Waals surface area contributed by atoms with Crippen molar-refractivity contribution in [2.24, 2.45) is 0 Å². The standard InChI is InChI=1S/C51H93O13P/c1-3-5-7-9-11-13-15-17-19-21-22-24-25-27-29-31-33-35-37-39-44(52)61-41-43(42-62-65(59,60)64-51-49(57)47(55)46(54)48(56)50(51)58)63-45(53)40-38-36-34-32-30-28-26-23-20-18-16-14-12-10-8-6-4-2/h12,14,17-20,43,46-51,54-58H,3-11,13,15-16,21-42H2,1-2H3,(H,59,60)/b14-12-,19-17-,20-18-. The van der Waals surface area contributed by atoms with Gasteiger partial charge in [-0.1, -0.05) is 172 Å². The Hall–Kier alpha value is -1.93. The third-order valence-corrected chi connectivity index (χ3v) is 12.9. The van der Waals surface area contributed by atoms with E-state index in [1.165, 1.54) is 96.3 Å². The molecule has 1 aliphatic carbocycles. The number of hydrogen-bond acceptors (Lipinski definition) is 12. The topological polar surface area (TPSA) is 210 Å². The number of carbonyl (C=O) groups excluding carboxylic acids is 2. The van der Waals surface area contributed by atoms with Crippen molar-refractivity contribution in [3.63, 3.8) is 0 Å². The van der Waals surface area contributed by atoms with Gasteiger partial charge in [-0.2, -0.15) is 0 Å². The summed E-state index contributed by atoms with van der Waals surface area (Å²) in [6.07, 6.45) is 34.7. The molecular weight excluding hydrogens is 852 g/mol. The van der Waals surface area contributed by atoms with Crippen LogP contribution in [0.15, 0.2) is 36.5 Å². The van der Waals surface area contributed by atoms with Gasteiger partial charge in [0.1, 0.15) is 43.2 Å². The highest BCUT2D eigenvalue weighted by atomic mass is 31.2. The predicted molar refractivity (Wildman–Crippen MR) is 258 cm³/mol. The zero-order valence-corrected chi connectivity index (χ0v) is 41.4. The molecular formula is C51H93O13P. The van der Waals surface area contributed by atoms with Crippen LogP contribution in [0.3, 0.4) is 0 Å². The lowest BCUT2D eigenvalue weighted by molar-refractivity contribution is -0.220. The minimum absolute atomic E-state index is 0.0881. The number of aliphatic hydroxyl groups excluding tert-OH is 5. The minimum Gasteiger partial charge on any atom is -0.462 e. The van der Waals surface area contributed by atoms with Crippen LogP contribution in [0.25, 0.3) is 0 Å². The van der Waals surface area contributed by atoms with Crippen molar-refractivity contribution in [1.29, 1.82) is 0 Å². The van der Waals surface area contributed by atoms with Crippen LogP contribution in [-0.2, 0) is 32.7 Å². The Bertz CT molecular complexity index is 1280. The summed E-state index contributed by atoms with van der Waals surface area (Å²) < 4.78 is 33.6. The van der Waals surface area contributed by atoms with Gasteiger partial charge in [-0.25, -0.2) is 4.57 Å². The fourth-order valence-corrected chi connectivity index (χ4v) is 8.76. The van der Waals surface area contributed by atoms with Crippen molar-refractivity contribution in [2.75, 3.05) is 13.2 Å². The molecule has 6 N–H and O–H groups in total. The number of aliphatic hydroxyl groups is 5. The number of ether oxygens (including phenoxy) is 2. The fraction of sp³-hybridized carbons (Fsp3) is 0.843. The average molecular weight is 945 g/mol. The van der Waals surface area contributed by atoms with E-state index in [0.29, 0.717) is 12.8 Å². The summed E-state index contributed by atoms with van der Waals surface area (Å²) in [6, 6.07) is 0. The zero-order chi connectivity index (χ0) is 47.8. The molecule has 1 aliphatic rings. The van der Waals surface area contributed by atoms with Crippen molar-refractivity contribution < 1.29 is 63.1 Å². The number of carbonyl (C=O) groups is 2. The quantitative estimate of drug-likeness (QED) is 0.0146. The monoisotopic (exact) mass is 945 g/mol. The highest BCUT2D eigenvalue weighted by Crippen LogP contribution is 2.47. The summed E-state index contributed by atoms with van der Waals surface area (Å²) in [5, 5.41) is 50.3. The van der Waals surface area contributed by atoms with Gasteiger partial charge in [-0.3, -0.25) is 18.6 Å². The molecule has 1 fully saturated rings. The lowest BCUT2D eigenvalue weighted by Crippen LogP contribution is -2.64. The van der Waals surface area contributed by atoms with Crippen LogP contribution in [0.4, 0.5) is 0 Å². The molecule has 0 saturated heterocycles. The first-order valence-electron chi connectivity index (χ1n) is 25.8. The number of allylic oxidation sites excluding steroid dienone is 6. The van der Waals surface area contributed by atoms with Gasteiger partial charge in [0.25, 0.3) is 0 Å². The summed E-state index contributed by atoms with van der Waals surface area (Å²) in [5.74, 6) is -1.10. The van der Waals surface area contributed by atoms with E-state index >= 15 is 0 Å². The van der Waals surface area contributed by atoms with Crippen LogP contribution >= 0.6 is 7.82 Å². The van der Waals surface area contributed by atoms with Gasteiger partial charge in [0, 0.05) is 12.8 Å². The maximum atomic E-state index is 12.8. The van der Waals surface area contributed by atoms with E-state index in [2.05, 4.69) is 50.3 Å². The Balaban J connectivity index is 2.40. The van der Waals surface area contributed by atoms with Crippen LogP contribution in [0.2, 0.25) is 0 Å². The molecule has 6 unspecified atom stereocenters. The first-order chi connectivity index (χ1) is 31.4. The van der Waals surface area contributed by atoms with E-state index in [0.717, 1.165) is 83.5 Å². The summed E-state index contributed by atoms with van der Waals surface area (Å²) in [6.45, 7) is 3.29. The largest absolute Gasteiger partial charge is 0.472 e. The van der Waals surface area contributed by atoms with Gasteiger partial charge in [0.15, 0.2) is 6.10 Å². The minimum atomic E-state index is -5.12. The van der Waals surface area contributed by atoms with Gasteiger partial charge >= 0.3 is 19.8 Å². The summed E-state index contributed by atoms with van der Waals surface area (Å²) in [7, 11) is -5.12. The molecule has 0 bridgehead atoms. The van der Waals surface area contributed by atoms with Crippen LogP contribution in [-0.4, -0.2) is 98.3 Å². The number of phosphoric acid groups is 1. The molecule has 0 heterocycles. The summed E-state index contributed by atoms with van der Waals surface area (Å²) in [4.78, 5) is 35.8. The van der Waals surface area contributed by atoms with Crippen LogP contribution in [0, 0.1) is 0 Å². The first-order valence-corrected chi connectivity index (χ1v) is 27.3. The molecule has 0 aromatic heterocycles. The molecule has 13 nitrogen and oxygen atoms in total. The molecule has 0 aromatic carbocycles. The number of rotatable bonds is 43. The molecule has 1 rings (SSSR count). The van der Waals surface area contributed by atoms with E-state index in [1.807, 2.05) is 0 Å². The van der Waals surface area contributed by atoms with Crippen LogP contribution in [0.5, 0.6) is 0 Å². The molecule has 6 atom stereocenters. The van der Waals surface area contributed by atoms with Crippen molar-refractivity contribution >= 4 is 19.8 Å². The van der Waals surface area contributed by atoms with Crippen molar-refractivity contribution in [3.8, 4) is 0 Å². The fourth-order valence-electron chi connectivity index (χ4n) is 7.78. The Morgan fingerprint density at radius 1 is 0.477 bits per heavy atom. The molecule has 1 saturated carbocycles. The Morgan fingerprint density at radius 3 is 1.29 bits per heavy atom. The Morgan fingerprint density at radius 2 is 0.831 bits per heavy atom. The molecule has 380 valence electrons. The average Bonchev–Trinajstić information content (AvgIpc) is 3.29. The third kappa shape index (κ3) is 33.3. The van der Waals surface area contributed by atoms with E-state index in [9.17, 15) is 44.6 Å². The second kappa shape index (κ2) is 41.1. The maximum absolute atomic E-state index is 12.8. The predicted octanol–water partition coefficient (Wildman–Crippen LogP) is 11.0. The Labute approximate surface area is 393 Å². The molecule has 0 aromatic rings. The lowest BCUT2D eigenvalue weighted by Gasteiger charge is -2.41. The molecule has 65 heavy (non-hydrogen) atoms. The second-order valence-electron chi connectivity index (χ2n) is 18.0. The molecule has 14 heteroatoms. The lowest BCUT2D eigenvalue weighted by atomic mass is 9.85. The highest BCUT2D eigenvalue weighted by Gasteiger charge is 2.51. The van der Waals surface area contributed by atoms with Gasteiger partial charge in [0.2, 0.25) is 0 Å². The summed E-state index contributed by atoms with van der Waals surface area (Å²) in [5.41, 5.74) is 0. The zero-order valence-electron chi connectivity index (χ0n) is 40.5. The van der Waals surface area contributed by atoms with Gasteiger partial charge in [-0.15, -0.1) is 0 Å². The third-order valence-electron chi connectivity index (χ3n) is 12.0. The number of phosphoric ester groups is 1. The Kier molecular flexibility index (Phi) is 38.6. The van der Waals surface area contributed by atoms with E-state index in [4.69, 9.17) is 18.5 Å². The molecule has 0 aliphatic heterocycles. The number of unbranched alkanes of at least 4 members (excludes halogenated alkanes) is 25. The molecule has 0 spiro atoms. The number of hydrogen-bond donors (Lipinski definition) is 6. The SMILES string of the molecule is CCCCC/C=C\C/C=C\CCCCCCCCCC(=O)OC(COC(=O)CCCCCCCCCCC/C=C\CCCCCCCC)COP(=O)(O)OC1C(O)C(O)C(O)C(O)C1O. The smallest absolute Gasteiger partial charge is 0.462 e. The molecule has 0 radical (unpaired) electrons. The van der Waals surface area contributed by atoms with Crippen molar-refractivity contribution in [3.05, 3.63) is 36.5 Å². The highest BCUT2D eigenvalue weighted by molar-refractivity contribution is 7.47. The van der Waals surface area contributed by atoms with E-state index in [-0.39, 0.29) is 12.8 Å². The van der Waals surface area contributed by atoms with Crippen LogP contribution in [0.1, 0.15) is 219 Å². The van der Waals surface area contributed by atoms with Crippen LogP contribution < -0.4 is 0 Å². The summed E-state index contributed by atoms with van der Waals surface area (Å²) >= 11 is 0. The van der Waals surface area contributed by atoms with Gasteiger partial charge in [0.05, 0.1) is 6.61 Å². The normalized spacial score (nSPS) is 21.7. The van der Waals surface area contributed by atoms with Gasteiger partial charge < -0.3 is 39.9 Å². The van der Waals surface area contributed by atoms with Crippen molar-refractivity contribution in [1.82, 2.24) is 0 Å². The number of esters is 2. The maximum Gasteiger partial charge on any atom is 0.472 e. The van der Waals surface area contributed by atoms with Crippen molar-refractivity contribution in [2.45, 2.75) is 262 Å². The van der Waals surface area contributed by atoms with E-state index in [1.54, 1.807) is 0 Å². The second-order valence-corrected chi connectivity index (χ2v) is 19.4. The van der Waals surface area contributed by atoms with E-state index < -0.39 is 75.7 Å². The molecule has 0 amide bonds. The van der Waals surface area contributed by atoms with Gasteiger partial charge in [-0.05, 0) is 70.6 Å². The first kappa shape index (κ1) is 61.1.